The minimum absolute atomic E-state index is 0.0623. The molecule has 2 atom stereocenters. The van der Waals surface area contributed by atoms with Crippen LogP contribution in [0.15, 0.2) is 76.0 Å². The lowest BCUT2D eigenvalue weighted by molar-refractivity contribution is -0.164. The number of nitrogens with two attached hydrogens (primary N) is 1. The molecule has 4 aromatic rings. The summed E-state index contributed by atoms with van der Waals surface area (Å²) in [6, 6.07) is 10.7. The van der Waals surface area contributed by atoms with Crippen molar-refractivity contribution in [3.8, 4) is 11.3 Å². The summed E-state index contributed by atoms with van der Waals surface area (Å²) >= 11 is 6.45. The van der Waals surface area contributed by atoms with Gasteiger partial charge in [0.25, 0.3) is 12.3 Å². The van der Waals surface area contributed by atoms with Crippen molar-refractivity contribution >= 4 is 58.7 Å². The van der Waals surface area contributed by atoms with Crippen LogP contribution in [-0.4, -0.2) is 82.0 Å². The fraction of sp³-hybridized carbons (Fsp3) is 0.395. The molecule has 314 valence electrons. The van der Waals surface area contributed by atoms with E-state index in [9.17, 15) is 35.5 Å². The zero-order valence-corrected chi connectivity index (χ0v) is 32.7. The standard InChI is InChI=1S/C38H38ClF7N10O3/c1-35(2,3)19-37(23-8-11-25-20(14-23)7-10-26(51-25)22-16-50-54(17-22)32(42)43)31(57)55(33(47)52-37)28(18-59-34(58)53-36(12-13-36)38(44,45)46)21-6-9-24(39)27(15-21)56(49-5)30(48-4)29(40)41/h6-11,14-17,28-29,32H,5,12-13,18-19H2,1-4H3,(H2,47,52)(H,53,58)/t28-,37-/m1/s1. The maximum atomic E-state index is 15.1. The highest BCUT2D eigenvalue weighted by atomic mass is 35.5. The number of alkyl halides is 7. The first kappa shape index (κ1) is 42.8. The molecule has 2 amide bonds. The number of ether oxygens (including phenoxy) is 1. The Balaban J connectivity index is 1.42. The number of fused-ring (bicyclic) bond motifs is 1. The molecular formula is C38H38ClF7N10O3. The average molecular weight is 851 g/mol. The van der Waals surface area contributed by atoms with Gasteiger partial charge in [-0.2, -0.15) is 32.2 Å². The van der Waals surface area contributed by atoms with Crippen molar-refractivity contribution in [3.63, 3.8) is 0 Å². The summed E-state index contributed by atoms with van der Waals surface area (Å²) in [5, 5.41) is 10.3. The summed E-state index contributed by atoms with van der Waals surface area (Å²) < 4.78 is 101. The number of amides is 2. The molecule has 0 saturated heterocycles. The maximum Gasteiger partial charge on any atom is 0.411 e. The van der Waals surface area contributed by atoms with E-state index in [0.717, 1.165) is 18.1 Å². The van der Waals surface area contributed by atoms with E-state index in [2.05, 4.69) is 26.9 Å². The van der Waals surface area contributed by atoms with Gasteiger partial charge >= 0.3 is 18.8 Å². The van der Waals surface area contributed by atoms with E-state index in [4.69, 9.17) is 27.1 Å². The van der Waals surface area contributed by atoms with Crippen LogP contribution in [0.5, 0.6) is 0 Å². The molecule has 2 aromatic heterocycles. The Labute approximate surface area is 337 Å². The van der Waals surface area contributed by atoms with Crippen LogP contribution in [0.3, 0.4) is 0 Å². The van der Waals surface area contributed by atoms with Crippen LogP contribution in [0.4, 0.5) is 41.2 Å². The minimum atomic E-state index is -4.76. The van der Waals surface area contributed by atoms with Gasteiger partial charge < -0.3 is 15.8 Å². The van der Waals surface area contributed by atoms with E-state index in [-0.39, 0.29) is 41.5 Å². The molecule has 1 aliphatic carbocycles. The predicted octanol–water partition coefficient (Wildman–Crippen LogP) is 8.21. The summed E-state index contributed by atoms with van der Waals surface area (Å²) in [4.78, 5) is 42.0. The normalized spacial score (nSPS) is 18.7. The number of halogens is 8. The SMILES string of the molecule is C=NN(C(=NC)C(F)F)c1cc([C@@H](COC(=O)NC2(C(F)(F)F)CC2)N2C(=O)[C@@](CC(C)(C)C)(c3ccc4nc(-c5cnn(C(F)F)c5)ccc4c3)N=C2N)ccc1Cl. The van der Waals surface area contributed by atoms with Gasteiger partial charge in [-0.3, -0.25) is 14.7 Å². The highest BCUT2D eigenvalue weighted by molar-refractivity contribution is 6.34. The van der Waals surface area contributed by atoms with Crippen molar-refractivity contribution in [1.29, 1.82) is 0 Å². The van der Waals surface area contributed by atoms with E-state index in [1.165, 1.54) is 24.4 Å². The van der Waals surface area contributed by atoms with Crippen molar-refractivity contribution in [2.24, 2.45) is 26.2 Å². The lowest BCUT2D eigenvalue weighted by Crippen LogP contribution is -2.50. The molecule has 1 aliphatic heterocycles. The molecule has 0 radical (unpaired) electrons. The number of carbonyl (C=O) groups is 2. The van der Waals surface area contributed by atoms with Crippen LogP contribution in [0.2, 0.25) is 5.02 Å². The second-order valence-corrected chi connectivity index (χ2v) is 15.6. The first-order chi connectivity index (χ1) is 27.6. The molecule has 13 nitrogen and oxygen atoms in total. The number of alkyl carbamates (subject to hydrolysis) is 1. The number of anilines is 1. The number of nitrogens with zero attached hydrogens (tertiary/aromatic N) is 8. The van der Waals surface area contributed by atoms with Gasteiger partial charge in [0, 0.05) is 30.9 Å². The third-order valence-corrected chi connectivity index (χ3v) is 10.2. The number of benzene rings is 2. The van der Waals surface area contributed by atoms with Crippen molar-refractivity contribution < 1.29 is 45.1 Å². The van der Waals surface area contributed by atoms with Gasteiger partial charge in [0.2, 0.25) is 0 Å². The summed E-state index contributed by atoms with van der Waals surface area (Å²) in [5.74, 6) is -1.91. The molecule has 3 heterocycles. The molecular weight excluding hydrogens is 813 g/mol. The molecule has 21 heteroatoms. The summed E-state index contributed by atoms with van der Waals surface area (Å²) in [7, 11) is 1.10. The quantitative estimate of drug-likeness (QED) is 0.0630. The molecule has 2 aliphatic rings. The van der Waals surface area contributed by atoms with E-state index >= 15 is 4.79 Å². The van der Waals surface area contributed by atoms with Gasteiger partial charge in [-0.05, 0) is 66.1 Å². The number of guanidine groups is 1. The van der Waals surface area contributed by atoms with Crippen LogP contribution >= 0.6 is 11.6 Å². The van der Waals surface area contributed by atoms with Crippen LogP contribution in [0.1, 0.15) is 63.8 Å². The molecule has 1 fully saturated rings. The molecule has 2 aromatic carbocycles. The second-order valence-electron chi connectivity index (χ2n) is 15.2. The molecule has 3 N–H and O–H groups in total. The number of aliphatic imine (C=N–C) groups is 2. The summed E-state index contributed by atoms with van der Waals surface area (Å²) in [6.07, 6.45) is -7.58. The topological polar surface area (TPSA) is 156 Å². The lowest BCUT2D eigenvalue weighted by atomic mass is 9.75. The molecule has 0 spiro atoms. The summed E-state index contributed by atoms with van der Waals surface area (Å²) in [6.45, 7) is 5.32. The fourth-order valence-electron chi connectivity index (χ4n) is 6.96. The zero-order valence-electron chi connectivity index (χ0n) is 31.9. The number of hydrogen-bond acceptors (Lipinski definition) is 9. The fourth-order valence-corrected chi connectivity index (χ4v) is 7.16. The average Bonchev–Trinajstić information content (AvgIpc) is 3.70. The Bertz CT molecular complexity index is 2340. The smallest absolute Gasteiger partial charge is 0.411 e. The van der Waals surface area contributed by atoms with E-state index in [1.807, 2.05) is 26.1 Å². The first-order valence-corrected chi connectivity index (χ1v) is 18.3. The Morgan fingerprint density at radius 1 is 1.10 bits per heavy atom. The number of rotatable bonds is 12. The number of nitrogens with one attached hydrogen (secondary N) is 1. The van der Waals surface area contributed by atoms with E-state index < -0.39 is 66.1 Å². The number of aromatic nitrogens is 3. The van der Waals surface area contributed by atoms with Gasteiger partial charge in [0.05, 0.1) is 34.2 Å². The maximum absolute atomic E-state index is 15.1. The van der Waals surface area contributed by atoms with Gasteiger partial charge in [-0.25, -0.2) is 33.2 Å². The molecule has 0 unspecified atom stereocenters. The number of hydrogen-bond donors (Lipinski definition) is 2. The molecule has 6 rings (SSSR count). The number of amidine groups is 1. The van der Waals surface area contributed by atoms with Crippen LogP contribution in [-0.2, 0) is 15.1 Å². The van der Waals surface area contributed by atoms with Crippen LogP contribution in [0, 0.1) is 5.41 Å². The number of carbonyl (C=O) groups excluding carboxylic acids is 2. The lowest BCUT2D eigenvalue weighted by Gasteiger charge is -2.35. The Morgan fingerprint density at radius 2 is 1.81 bits per heavy atom. The van der Waals surface area contributed by atoms with E-state index in [1.54, 1.807) is 30.3 Å². The Kier molecular flexibility index (Phi) is 11.4. The van der Waals surface area contributed by atoms with Crippen LogP contribution < -0.4 is 16.1 Å². The van der Waals surface area contributed by atoms with Crippen LogP contribution in [0.25, 0.3) is 22.2 Å². The monoisotopic (exact) mass is 850 g/mol. The van der Waals surface area contributed by atoms with Gasteiger partial charge in [0.1, 0.15) is 12.1 Å². The Morgan fingerprint density at radius 3 is 2.39 bits per heavy atom. The van der Waals surface area contributed by atoms with Gasteiger partial charge in [-0.15, -0.1) is 0 Å². The van der Waals surface area contributed by atoms with Crippen molar-refractivity contribution in [3.05, 3.63) is 77.1 Å². The zero-order chi connectivity index (χ0) is 43.2. The number of hydrazone groups is 1. The van der Waals surface area contributed by atoms with Crippen molar-refractivity contribution in [1.82, 2.24) is 25.0 Å². The first-order valence-electron chi connectivity index (χ1n) is 17.9. The highest BCUT2D eigenvalue weighted by Gasteiger charge is 2.64. The molecule has 0 bridgehead atoms. The molecule has 1 saturated carbocycles. The third-order valence-electron chi connectivity index (χ3n) is 9.86. The van der Waals surface area contributed by atoms with Gasteiger partial charge in [-0.1, -0.05) is 50.6 Å². The summed E-state index contributed by atoms with van der Waals surface area (Å²) in [5.41, 5.74) is 3.21. The number of pyridine rings is 1. The Hall–Kier alpha value is -5.79. The van der Waals surface area contributed by atoms with Gasteiger partial charge in [0.15, 0.2) is 17.3 Å². The van der Waals surface area contributed by atoms with Crippen molar-refractivity contribution in [2.75, 3.05) is 18.7 Å². The van der Waals surface area contributed by atoms with Crippen molar-refractivity contribution in [2.45, 2.75) is 76.3 Å². The minimum Gasteiger partial charge on any atom is -0.447 e. The molecule has 59 heavy (non-hydrogen) atoms. The predicted molar refractivity (Wildman–Crippen MR) is 207 cm³/mol. The van der Waals surface area contributed by atoms with E-state index in [0.29, 0.717) is 37.4 Å². The highest BCUT2D eigenvalue weighted by Crippen LogP contribution is 2.49. The third kappa shape index (κ3) is 8.40. The second kappa shape index (κ2) is 15.8. The largest absolute Gasteiger partial charge is 0.447 e.